The van der Waals surface area contributed by atoms with Crippen LogP contribution in [-0.2, 0) is 6.54 Å². The Bertz CT molecular complexity index is 323. The summed E-state index contributed by atoms with van der Waals surface area (Å²) in [5.41, 5.74) is 1.44. The molecule has 2 nitrogen and oxygen atoms in total. The predicted molar refractivity (Wildman–Crippen MR) is 77.7 cm³/mol. The fourth-order valence-corrected chi connectivity index (χ4v) is 2.72. The molecule has 0 spiro atoms. The van der Waals surface area contributed by atoms with Crippen LogP contribution < -0.4 is 5.32 Å². The third-order valence-electron chi connectivity index (χ3n) is 3.69. The Morgan fingerprint density at radius 1 is 1.22 bits per heavy atom. The topological polar surface area (TPSA) is 15.3 Å². The lowest BCUT2D eigenvalue weighted by molar-refractivity contribution is 0.251. The van der Waals surface area contributed by atoms with Crippen LogP contribution >= 0.6 is 0 Å². The second kappa shape index (κ2) is 7.55. The number of likely N-dealkylation sites (tertiary alicyclic amines) is 1. The standard InChI is InChI=1S/C16H26N2/c1-2-11-17-16-10-6-7-12-18(14-16)13-15-8-4-3-5-9-15/h3-5,8-9,16-17H,2,6-7,10-14H2,1H3. The summed E-state index contributed by atoms with van der Waals surface area (Å²) in [5.74, 6) is 0. The van der Waals surface area contributed by atoms with Crippen LogP contribution in [0.15, 0.2) is 30.3 Å². The molecular formula is C16H26N2. The quantitative estimate of drug-likeness (QED) is 0.859. The summed E-state index contributed by atoms with van der Waals surface area (Å²) in [4.78, 5) is 2.61. The van der Waals surface area contributed by atoms with E-state index in [0.29, 0.717) is 6.04 Å². The molecule has 1 saturated heterocycles. The Morgan fingerprint density at radius 2 is 2.06 bits per heavy atom. The van der Waals surface area contributed by atoms with Crippen molar-refractivity contribution < 1.29 is 0 Å². The van der Waals surface area contributed by atoms with Crippen molar-refractivity contribution in [3.63, 3.8) is 0 Å². The van der Waals surface area contributed by atoms with Crippen molar-refractivity contribution in [2.45, 2.75) is 45.2 Å². The van der Waals surface area contributed by atoms with Crippen molar-refractivity contribution in [2.75, 3.05) is 19.6 Å². The van der Waals surface area contributed by atoms with Crippen molar-refractivity contribution in [3.8, 4) is 0 Å². The zero-order chi connectivity index (χ0) is 12.6. The second-order valence-corrected chi connectivity index (χ2v) is 5.37. The Hall–Kier alpha value is -0.860. The fraction of sp³-hybridized carbons (Fsp3) is 0.625. The summed E-state index contributed by atoms with van der Waals surface area (Å²) < 4.78 is 0. The highest BCUT2D eigenvalue weighted by atomic mass is 15.1. The lowest BCUT2D eigenvalue weighted by Crippen LogP contribution is -2.39. The maximum Gasteiger partial charge on any atom is 0.0234 e. The first-order valence-electron chi connectivity index (χ1n) is 7.38. The molecule has 2 rings (SSSR count). The number of rotatable bonds is 5. The van der Waals surface area contributed by atoms with Crippen LogP contribution in [0.25, 0.3) is 0 Å². The third-order valence-corrected chi connectivity index (χ3v) is 3.69. The molecule has 1 aromatic rings. The van der Waals surface area contributed by atoms with E-state index in [2.05, 4.69) is 47.5 Å². The molecule has 1 aliphatic heterocycles. The molecule has 1 N–H and O–H groups in total. The van der Waals surface area contributed by atoms with Crippen molar-refractivity contribution in [1.29, 1.82) is 0 Å². The molecule has 0 amide bonds. The van der Waals surface area contributed by atoms with E-state index >= 15 is 0 Å². The first-order chi connectivity index (χ1) is 8.88. The summed E-state index contributed by atoms with van der Waals surface area (Å²) in [6.45, 7) is 6.95. The van der Waals surface area contributed by atoms with Crippen LogP contribution in [0.4, 0.5) is 0 Å². The summed E-state index contributed by atoms with van der Waals surface area (Å²) in [5, 5.41) is 3.69. The Balaban J connectivity index is 1.86. The molecule has 0 aliphatic carbocycles. The minimum Gasteiger partial charge on any atom is -0.313 e. The molecule has 1 unspecified atom stereocenters. The molecule has 100 valence electrons. The molecular weight excluding hydrogens is 220 g/mol. The first-order valence-corrected chi connectivity index (χ1v) is 7.38. The van der Waals surface area contributed by atoms with E-state index in [1.54, 1.807) is 0 Å². The average Bonchev–Trinajstić information content (AvgIpc) is 2.63. The number of hydrogen-bond donors (Lipinski definition) is 1. The van der Waals surface area contributed by atoms with E-state index in [1.807, 2.05) is 0 Å². The highest BCUT2D eigenvalue weighted by Crippen LogP contribution is 2.13. The summed E-state index contributed by atoms with van der Waals surface area (Å²) in [6.07, 6.45) is 5.28. The molecule has 1 heterocycles. The van der Waals surface area contributed by atoms with E-state index in [0.717, 1.165) is 13.1 Å². The van der Waals surface area contributed by atoms with Crippen molar-refractivity contribution in [2.24, 2.45) is 0 Å². The van der Waals surface area contributed by atoms with Crippen LogP contribution in [0, 0.1) is 0 Å². The van der Waals surface area contributed by atoms with Gasteiger partial charge in [0.2, 0.25) is 0 Å². The van der Waals surface area contributed by atoms with Crippen LogP contribution in [0.3, 0.4) is 0 Å². The maximum absolute atomic E-state index is 3.69. The molecule has 1 fully saturated rings. The fourth-order valence-electron chi connectivity index (χ4n) is 2.72. The molecule has 1 aromatic carbocycles. The number of benzene rings is 1. The van der Waals surface area contributed by atoms with E-state index in [1.165, 1.54) is 44.3 Å². The predicted octanol–water partition coefficient (Wildman–Crippen LogP) is 3.04. The normalized spacial score (nSPS) is 21.7. The molecule has 2 heteroatoms. The van der Waals surface area contributed by atoms with Gasteiger partial charge in [-0.2, -0.15) is 0 Å². The lowest BCUT2D eigenvalue weighted by atomic mass is 10.1. The highest BCUT2D eigenvalue weighted by molar-refractivity contribution is 5.14. The number of hydrogen-bond acceptors (Lipinski definition) is 2. The number of nitrogens with zero attached hydrogens (tertiary/aromatic N) is 1. The second-order valence-electron chi connectivity index (χ2n) is 5.37. The van der Waals surface area contributed by atoms with E-state index in [4.69, 9.17) is 0 Å². The largest absolute Gasteiger partial charge is 0.313 e. The SMILES string of the molecule is CCCNC1CCCCN(Cc2ccccc2)C1. The van der Waals surface area contributed by atoms with Crippen molar-refractivity contribution >= 4 is 0 Å². The van der Waals surface area contributed by atoms with Crippen LogP contribution in [0.1, 0.15) is 38.2 Å². The minimum absolute atomic E-state index is 0.691. The zero-order valence-corrected chi connectivity index (χ0v) is 11.6. The van der Waals surface area contributed by atoms with E-state index in [-0.39, 0.29) is 0 Å². The van der Waals surface area contributed by atoms with E-state index < -0.39 is 0 Å². The average molecular weight is 246 g/mol. The monoisotopic (exact) mass is 246 g/mol. The van der Waals surface area contributed by atoms with Crippen molar-refractivity contribution in [3.05, 3.63) is 35.9 Å². The van der Waals surface area contributed by atoms with Gasteiger partial charge in [-0.15, -0.1) is 0 Å². The van der Waals surface area contributed by atoms with Gasteiger partial charge in [-0.25, -0.2) is 0 Å². The Kier molecular flexibility index (Phi) is 5.69. The highest BCUT2D eigenvalue weighted by Gasteiger charge is 2.17. The molecule has 1 aliphatic rings. The van der Waals surface area contributed by atoms with Crippen molar-refractivity contribution in [1.82, 2.24) is 10.2 Å². The van der Waals surface area contributed by atoms with Gasteiger partial charge in [-0.05, 0) is 37.9 Å². The minimum atomic E-state index is 0.691. The smallest absolute Gasteiger partial charge is 0.0234 e. The lowest BCUT2D eigenvalue weighted by Gasteiger charge is -2.25. The first kappa shape index (κ1) is 13.6. The van der Waals surface area contributed by atoms with Gasteiger partial charge < -0.3 is 5.32 Å². The van der Waals surface area contributed by atoms with Crippen LogP contribution in [0.2, 0.25) is 0 Å². The van der Waals surface area contributed by atoms with Gasteiger partial charge in [0, 0.05) is 19.1 Å². The van der Waals surface area contributed by atoms with Gasteiger partial charge in [0.25, 0.3) is 0 Å². The maximum atomic E-state index is 3.69. The Labute approximate surface area is 111 Å². The van der Waals surface area contributed by atoms with Gasteiger partial charge in [0.15, 0.2) is 0 Å². The van der Waals surface area contributed by atoms with Gasteiger partial charge in [0.05, 0.1) is 0 Å². The van der Waals surface area contributed by atoms with Gasteiger partial charge in [-0.1, -0.05) is 43.7 Å². The molecule has 0 radical (unpaired) electrons. The van der Waals surface area contributed by atoms with Crippen LogP contribution in [-0.4, -0.2) is 30.6 Å². The molecule has 0 bridgehead atoms. The Morgan fingerprint density at radius 3 is 2.83 bits per heavy atom. The molecule has 0 aromatic heterocycles. The molecule has 0 saturated carbocycles. The number of nitrogens with one attached hydrogen (secondary N) is 1. The summed E-state index contributed by atoms with van der Waals surface area (Å²) >= 11 is 0. The van der Waals surface area contributed by atoms with Gasteiger partial charge >= 0.3 is 0 Å². The summed E-state index contributed by atoms with van der Waals surface area (Å²) in [6, 6.07) is 11.5. The van der Waals surface area contributed by atoms with Crippen LogP contribution in [0.5, 0.6) is 0 Å². The summed E-state index contributed by atoms with van der Waals surface area (Å²) in [7, 11) is 0. The third kappa shape index (κ3) is 4.43. The van der Waals surface area contributed by atoms with E-state index in [9.17, 15) is 0 Å². The zero-order valence-electron chi connectivity index (χ0n) is 11.6. The van der Waals surface area contributed by atoms with Gasteiger partial charge in [-0.3, -0.25) is 4.90 Å². The molecule has 1 atom stereocenters. The molecule has 18 heavy (non-hydrogen) atoms. The van der Waals surface area contributed by atoms with Gasteiger partial charge in [0.1, 0.15) is 0 Å².